The minimum absolute atomic E-state index is 0.0286. The van der Waals surface area contributed by atoms with Gasteiger partial charge in [-0.3, -0.25) is 19.2 Å². The molecule has 1 saturated heterocycles. The minimum atomic E-state index is -0.868. The number of aliphatic imine (C=N–C) groups is 1. The summed E-state index contributed by atoms with van der Waals surface area (Å²) >= 11 is 0. The molecule has 3 rings (SSSR count). The molecule has 0 bridgehead atoms. The van der Waals surface area contributed by atoms with Crippen molar-refractivity contribution in [3.05, 3.63) is 42.1 Å². The Labute approximate surface area is 230 Å². The molecule has 39 heavy (non-hydrogen) atoms. The van der Waals surface area contributed by atoms with Crippen molar-refractivity contribution in [2.75, 3.05) is 13.6 Å². The smallest absolute Gasteiger partial charge is 0.248 e. The van der Waals surface area contributed by atoms with E-state index in [0.29, 0.717) is 17.8 Å². The van der Waals surface area contributed by atoms with Gasteiger partial charge < -0.3 is 31.9 Å². The average molecular weight is 540 g/mol. The highest BCUT2D eigenvalue weighted by atomic mass is 16.2. The van der Waals surface area contributed by atoms with Crippen LogP contribution in [-0.2, 0) is 19.2 Å². The molecule has 1 aromatic carbocycles. The van der Waals surface area contributed by atoms with E-state index in [-0.39, 0.29) is 36.5 Å². The Balaban J connectivity index is 1.88. The number of allylic oxidation sites excluding steroid dienone is 1. The first-order valence-corrected chi connectivity index (χ1v) is 13.6. The number of para-hydroxylation sites is 1. The summed E-state index contributed by atoms with van der Waals surface area (Å²) in [6, 6.07) is 6.61. The van der Waals surface area contributed by atoms with Crippen LogP contribution in [0.2, 0.25) is 0 Å². The van der Waals surface area contributed by atoms with Crippen LogP contribution in [-0.4, -0.2) is 72.6 Å². The fraction of sp³-hybridized carbons (Fsp3) is 0.536. The van der Waals surface area contributed by atoms with Crippen molar-refractivity contribution in [1.29, 1.82) is 0 Å². The Hall–Kier alpha value is -3.73. The topological polar surface area (TPSA) is 158 Å². The van der Waals surface area contributed by atoms with Gasteiger partial charge in [0.15, 0.2) is 0 Å². The van der Waals surface area contributed by atoms with E-state index in [9.17, 15) is 19.2 Å². The van der Waals surface area contributed by atoms with Crippen LogP contribution in [0.3, 0.4) is 0 Å². The van der Waals surface area contributed by atoms with Crippen molar-refractivity contribution in [2.45, 2.75) is 76.5 Å². The zero-order valence-electron chi connectivity index (χ0n) is 23.0. The van der Waals surface area contributed by atoms with Crippen LogP contribution >= 0.6 is 0 Å². The lowest BCUT2D eigenvalue weighted by Gasteiger charge is -2.35. The second-order valence-electron chi connectivity index (χ2n) is 10.3. The first-order valence-electron chi connectivity index (χ1n) is 13.6. The fourth-order valence-electron chi connectivity index (χ4n) is 5.14. The minimum Gasteiger partial charge on any atom is -0.402 e. The summed E-state index contributed by atoms with van der Waals surface area (Å²) in [6.45, 7) is 3.58. The first-order chi connectivity index (χ1) is 18.7. The van der Waals surface area contributed by atoms with Crippen molar-refractivity contribution in [3.8, 4) is 0 Å². The molecule has 1 aliphatic heterocycles. The lowest BCUT2D eigenvalue weighted by Crippen LogP contribution is -2.58. The predicted molar refractivity (Wildman–Crippen MR) is 150 cm³/mol. The number of nitrogens with two attached hydrogens (primary N) is 1. The number of likely N-dealkylation sites (tertiary alicyclic amines) is 1. The maximum absolute atomic E-state index is 14.0. The third kappa shape index (κ3) is 8.38. The highest BCUT2D eigenvalue weighted by molar-refractivity contribution is 6.08. The molecule has 11 heteroatoms. The Morgan fingerprint density at radius 3 is 2.44 bits per heavy atom. The fourth-order valence-corrected chi connectivity index (χ4v) is 5.14. The molecule has 0 radical (unpaired) electrons. The highest BCUT2D eigenvalue weighted by Crippen LogP contribution is 2.29. The van der Waals surface area contributed by atoms with E-state index in [1.807, 2.05) is 18.2 Å². The molecule has 0 spiro atoms. The number of amidine groups is 1. The Bertz CT molecular complexity index is 1060. The standard InChI is InChI=1S/C28H41N7O4/c1-18(29)14-24(32-21-12-8-5-9-13-21)33-27(38)23-15-22(31-17-36)16-35(23)28(39)25(20-10-6-4-7-11-20)34-26(37)19(2)30-3/h5,8-9,12-14,17,19-20,22-23,25,30H,4,6-7,10-11,15-16,29H2,1-3H3,(H,31,36)(H,34,37)(H,32,33,38)/t19-,22?,23?,25?/m0/s1. The molecule has 0 aromatic heterocycles. The number of hydrogen-bond donors (Lipinski definition) is 5. The van der Waals surface area contributed by atoms with Gasteiger partial charge in [0.25, 0.3) is 0 Å². The van der Waals surface area contributed by atoms with Gasteiger partial charge in [-0.2, -0.15) is 0 Å². The maximum Gasteiger partial charge on any atom is 0.248 e. The van der Waals surface area contributed by atoms with Crippen LogP contribution in [0.5, 0.6) is 0 Å². The zero-order valence-corrected chi connectivity index (χ0v) is 23.0. The van der Waals surface area contributed by atoms with Crippen LogP contribution in [0, 0.1) is 5.92 Å². The number of carbonyl (C=O) groups excluding carboxylic acids is 4. The molecule has 11 nitrogen and oxygen atoms in total. The molecule has 2 fully saturated rings. The maximum atomic E-state index is 14.0. The van der Waals surface area contributed by atoms with Crippen molar-refractivity contribution in [2.24, 2.45) is 16.6 Å². The van der Waals surface area contributed by atoms with Gasteiger partial charge in [0, 0.05) is 18.3 Å². The van der Waals surface area contributed by atoms with Gasteiger partial charge in [-0.1, -0.05) is 37.5 Å². The molecule has 4 atom stereocenters. The van der Waals surface area contributed by atoms with Crippen LogP contribution in [0.4, 0.5) is 5.69 Å². The number of carbonyl (C=O) groups is 4. The van der Waals surface area contributed by atoms with E-state index < -0.39 is 30.1 Å². The quantitative estimate of drug-likeness (QED) is 0.170. The number of likely N-dealkylation sites (N-methyl/N-ethyl adjacent to an activating group) is 1. The number of benzene rings is 1. The summed E-state index contributed by atoms with van der Waals surface area (Å²) in [4.78, 5) is 57.7. The second kappa shape index (κ2) is 14.4. The molecular weight excluding hydrogens is 498 g/mol. The lowest BCUT2D eigenvalue weighted by atomic mass is 9.83. The Morgan fingerprint density at radius 1 is 1.13 bits per heavy atom. The molecule has 1 saturated carbocycles. The zero-order chi connectivity index (χ0) is 28.4. The monoisotopic (exact) mass is 539 g/mol. The molecule has 1 aliphatic carbocycles. The summed E-state index contributed by atoms with van der Waals surface area (Å²) < 4.78 is 0. The normalized spacial score (nSPS) is 22.1. The van der Waals surface area contributed by atoms with E-state index in [1.54, 1.807) is 39.1 Å². The average Bonchev–Trinajstić information content (AvgIpc) is 3.35. The Kier molecular flexibility index (Phi) is 11.0. The van der Waals surface area contributed by atoms with Gasteiger partial charge in [-0.05, 0) is 64.3 Å². The molecule has 1 aromatic rings. The van der Waals surface area contributed by atoms with Gasteiger partial charge in [-0.15, -0.1) is 0 Å². The van der Waals surface area contributed by atoms with E-state index in [2.05, 4.69) is 26.3 Å². The van der Waals surface area contributed by atoms with E-state index in [4.69, 9.17) is 5.73 Å². The van der Waals surface area contributed by atoms with Crippen LogP contribution in [0.1, 0.15) is 52.4 Å². The molecule has 2 aliphatic rings. The van der Waals surface area contributed by atoms with Crippen molar-refractivity contribution >= 4 is 35.7 Å². The predicted octanol–water partition coefficient (Wildman–Crippen LogP) is 1.08. The molecule has 3 unspecified atom stereocenters. The SMILES string of the molecule is CN[C@@H](C)C(=O)NC(C(=O)N1CC(NC=O)CC1C(=O)NC(C=C(C)N)=Nc1ccccc1)C1CCCCC1. The summed E-state index contributed by atoms with van der Waals surface area (Å²) in [5.41, 5.74) is 6.96. The first kappa shape index (κ1) is 29.8. The summed E-state index contributed by atoms with van der Waals surface area (Å²) in [7, 11) is 1.68. The summed E-state index contributed by atoms with van der Waals surface area (Å²) in [5, 5.41) is 11.4. The van der Waals surface area contributed by atoms with Gasteiger partial charge >= 0.3 is 0 Å². The van der Waals surface area contributed by atoms with E-state index in [0.717, 1.165) is 32.1 Å². The Morgan fingerprint density at radius 2 is 1.82 bits per heavy atom. The lowest BCUT2D eigenvalue weighted by molar-refractivity contribution is -0.142. The van der Waals surface area contributed by atoms with E-state index >= 15 is 0 Å². The number of nitrogens with one attached hydrogen (secondary N) is 4. The largest absolute Gasteiger partial charge is 0.402 e. The van der Waals surface area contributed by atoms with Crippen LogP contribution in [0.15, 0.2) is 47.1 Å². The summed E-state index contributed by atoms with van der Waals surface area (Å²) in [6.07, 6.45) is 7.06. The van der Waals surface area contributed by atoms with Crippen molar-refractivity contribution in [1.82, 2.24) is 26.2 Å². The third-order valence-electron chi connectivity index (χ3n) is 7.32. The number of rotatable bonds is 10. The van der Waals surface area contributed by atoms with Crippen LogP contribution in [0.25, 0.3) is 0 Å². The van der Waals surface area contributed by atoms with Gasteiger partial charge in [-0.25, -0.2) is 4.99 Å². The van der Waals surface area contributed by atoms with Crippen LogP contribution < -0.4 is 27.0 Å². The number of hydrogen-bond acceptors (Lipinski definition) is 7. The van der Waals surface area contributed by atoms with Crippen molar-refractivity contribution in [3.63, 3.8) is 0 Å². The number of nitrogens with zero attached hydrogens (tertiary/aromatic N) is 2. The molecular formula is C28H41N7O4. The van der Waals surface area contributed by atoms with Gasteiger partial charge in [0.05, 0.1) is 11.7 Å². The molecule has 4 amide bonds. The molecule has 1 heterocycles. The summed E-state index contributed by atoms with van der Waals surface area (Å²) in [5.74, 6) is -0.821. The number of amides is 4. The van der Waals surface area contributed by atoms with Gasteiger partial charge in [0.1, 0.15) is 17.9 Å². The highest BCUT2D eigenvalue weighted by Gasteiger charge is 2.44. The second-order valence-corrected chi connectivity index (χ2v) is 10.3. The molecule has 6 N–H and O–H groups in total. The van der Waals surface area contributed by atoms with Crippen molar-refractivity contribution < 1.29 is 19.2 Å². The van der Waals surface area contributed by atoms with E-state index in [1.165, 1.54) is 4.90 Å². The third-order valence-corrected chi connectivity index (χ3v) is 7.32. The molecule has 212 valence electrons. The van der Waals surface area contributed by atoms with Gasteiger partial charge in [0.2, 0.25) is 24.1 Å².